The number of carbonyl (C=O) groups excluding carboxylic acids is 1. The Balaban J connectivity index is 1.85. The maximum atomic E-state index is 12.8. The summed E-state index contributed by atoms with van der Waals surface area (Å²) in [5.74, 6) is -0.546. The summed E-state index contributed by atoms with van der Waals surface area (Å²) in [5.41, 5.74) is -1.44. The lowest BCUT2D eigenvalue weighted by Gasteiger charge is -2.27. The fourth-order valence-corrected chi connectivity index (χ4v) is 3.89. The van der Waals surface area contributed by atoms with Crippen LogP contribution >= 0.6 is 0 Å². The molecule has 1 aromatic carbocycles. The number of hydrogen-bond acceptors (Lipinski definition) is 4. The number of nitrogens with zero attached hydrogens (tertiary/aromatic N) is 1. The van der Waals surface area contributed by atoms with Crippen molar-refractivity contribution in [2.45, 2.75) is 63.6 Å². The molecule has 0 aromatic heterocycles. The van der Waals surface area contributed by atoms with Gasteiger partial charge in [0.2, 0.25) is 10.0 Å². The van der Waals surface area contributed by atoms with E-state index < -0.39 is 39.2 Å². The van der Waals surface area contributed by atoms with Gasteiger partial charge in [0.15, 0.2) is 0 Å². The number of sulfonamides is 1. The zero-order valence-corrected chi connectivity index (χ0v) is 17.6. The summed E-state index contributed by atoms with van der Waals surface area (Å²) in [7, 11) is -3.80. The molecule has 0 radical (unpaired) electrons. The summed E-state index contributed by atoms with van der Waals surface area (Å²) in [4.78, 5) is 13.9. The Labute approximate surface area is 169 Å². The molecule has 0 bridgehead atoms. The predicted octanol–water partition coefficient (Wildman–Crippen LogP) is 3.91. The zero-order valence-electron chi connectivity index (χ0n) is 16.8. The molecule has 0 spiro atoms. The van der Waals surface area contributed by atoms with Gasteiger partial charge in [0.25, 0.3) is 0 Å². The summed E-state index contributed by atoms with van der Waals surface area (Å²) in [6.07, 6.45) is -2.80. The van der Waals surface area contributed by atoms with Crippen LogP contribution < -0.4 is 4.72 Å². The van der Waals surface area contributed by atoms with Gasteiger partial charge in [-0.1, -0.05) is 18.2 Å². The number of benzene rings is 1. The number of alkyl halides is 3. The molecule has 0 atom stereocenters. The minimum absolute atomic E-state index is 0.0562. The van der Waals surface area contributed by atoms with Crippen LogP contribution in [0.3, 0.4) is 0 Å². The average molecular weight is 436 g/mol. The molecule has 0 aliphatic heterocycles. The topological polar surface area (TPSA) is 75.7 Å². The molecule has 1 aromatic rings. The van der Waals surface area contributed by atoms with Gasteiger partial charge in [-0.05, 0) is 51.7 Å². The Morgan fingerprint density at radius 1 is 1.24 bits per heavy atom. The maximum absolute atomic E-state index is 12.8. The highest BCUT2D eigenvalue weighted by Crippen LogP contribution is 2.30. The van der Waals surface area contributed by atoms with Crippen molar-refractivity contribution in [1.82, 2.24) is 9.62 Å². The lowest BCUT2D eigenvalue weighted by Crippen LogP contribution is -2.40. The van der Waals surface area contributed by atoms with Gasteiger partial charge in [-0.2, -0.15) is 13.2 Å². The molecule has 164 valence electrons. The molecule has 29 heavy (non-hydrogen) atoms. The molecule has 6 nitrogen and oxygen atoms in total. The first-order valence-corrected chi connectivity index (χ1v) is 11.1. The largest absolute Gasteiger partial charge is 0.444 e. The molecule has 0 saturated heterocycles. The predicted molar refractivity (Wildman–Crippen MR) is 103 cm³/mol. The van der Waals surface area contributed by atoms with Crippen LogP contribution in [0.5, 0.6) is 0 Å². The summed E-state index contributed by atoms with van der Waals surface area (Å²) in [6.45, 7) is 5.74. The van der Waals surface area contributed by atoms with Gasteiger partial charge in [0, 0.05) is 19.1 Å². The van der Waals surface area contributed by atoms with E-state index in [-0.39, 0.29) is 18.2 Å². The van der Waals surface area contributed by atoms with E-state index in [4.69, 9.17) is 4.74 Å². The van der Waals surface area contributed by atoms with Gasteiger partial charge >= 0.3 is 12.3 Å². The van der Waals surface area contributed by atoms with E-state index >= 15 is 0 Å². The van der Waals surface area contributed by atoms with E-state index in [0.29, 0.717) is 13.0 Å². The highest BCUT2D eigenvalue weighted by atomic mass is 32.2. The number of amides is 1. The van der Waals surface area contributed by atoms with Crippen molar-refractivity contribution >= 4 is 16.1 Å². The van der Waals surface area contributed by atoms with Gasteiger partial charge in [-0.3, -0.25) is 0 Å². The fraction of sp³-hybridized carbons (Fsp3) is 0.632. The molecule has 1 aliphatic rings. The molecule has 1 aliphatic carbocycles. The smallest absolute Gasteiger partial charge is 0.416 e. The number of halogens is 3. The molecular weight excluding hydrogens is 409 g/mol. The van der Waals surface area contributed by atoms with Gasteiger partial charge in [0.05, 0.1) is 11.3 Å². The highest BCUT2D eigenvalue weighted by molar-refractivity contribution is 7.88. The molecule has 1 N–H and O–H groups in total. The van der Waals surface area contributed by atoms with E-state index in [2.05, 4.69) is 4.72 Å². The third kappa shape index (κ3) is 8.22. The van der Waals surface area contributed by atoms with Crippen LogP contribution in [0.15, 0.2) is 24.3 Å². The monoisotopic (exact) mass is 436 g/mol. The van der Waals surface area contributed by atoms with Crippen LogP contribution in [0.4, 0.5) is 18.0 Å². The Morgan fingerprint density at radius 3 is 2.45 bits per heavy atom. The van der Waals surface area contributed by atoms with Crippen molar-refractivity contribution in [3.05, 3.63) is 35.4 Å². The summed E-state index contributed by atoms with van der Waals surface area (Å²) >= 11 is 0. The number of nitrogens with one attached hydrogen (secondary N) is 1. The normalized spacial score (nSPS) is 15.2. The van der Waals surface area contributed by atoms with Crippen molar-refractivity contribution in [3.63, 3.8) is 0 Å². The van der Waals surface area contributed by atoms with E-state index in [1.807, 2.05) is 0 Å². The van der Waals surface area contributed by atoms with Crippen molar-refractivity contribution in [3.8, 4) is 0 Å². The van der Waals surface area contributed by atoms with Gasteiger partial charge in [-0.25, -0.2) is 17.9 Å². The van der Waals surface area contributed by atoms with Gasteiger partial charge < -0.3 is 9.64 Å². The first kappa shape index (κ1) is 23.5. The van der Waals surface area contributed by atoms with Gasteiger partial charge in [-0.15, -0.1) is 0 Å². The maximum Gasteiger partial charge on any atom is 0.416 e. The first-order chi connectivity index (χ1) is 13.3. The summed E-state index contributed by atoms with van der Waals surface area (Å²) in [5, 5.41) is 0. The van der Waals surface area contributed by atoms with Crippen LogP contribution in [0.25, 0.3) is 0 Å². The van der Waals surface area contributed by atoms with E-state index in [0.717, 1.165) is 25.0 Å². The number of rotatable bonds is 8. The average Bonchev–Trinajstić information content (AvgIpc) is 3.36. The second kappa shape index (κ2) is 8.91. The van der Waals surface area contributed by atoms with Crippen molar-refractivity contribution in [2.24, 2.45) is 0 Å². The standard InChI is InChI=1S/C19H27F3N2O4S/c1-18(2,3)28-17(25)24(16-8-9-16)11-5-10-23-29(26,27)13-14-6-4-7-15(12-14)19(20,21)22/h4,6-7,12,16,23H,5,8-11,13H2,1-3H3. The third-order valence-corrected chi connectivity index (χ3v) is 5.48. The third-order valence-electron chi connectivity index (χ3n) is 4.12. The molecule has 0 heterocycles. The SMILES string of the molecule is CC(C)(C)OC(=O)N(CCCNS(=O)(=O)Cc1cccc(C(F)(F)F)c1)C1CC1. The number of ether oxygens (including phenoxy) is 1. The molecule has 1 saturated carbocycles. The van der Waals surface area contributed by atoms with Gasteiger partial charge in [0.1, 0.15) is 5.60 Å². The van der Waals surface area contributed by atoms with Crippen LogP contribution in [-0.4, -0.2) is 44.1 Å². The second-order valence-electron chi connectivity index (χ2n) is 8.11. The van der Waals surface area contributed by atoms with Crippen molar-refractivity contribution < 1.29 is 31.1 Å². The fourth-order valence-electron chi connectivity index (χ4n) is 2.71. The second-order valence-corrected chi connectivity index (χ2v) is 9.92. The van der Waals surface area contributed by atoms with E-state index in [9.17, 15) is 26.4 Å². The van der Waals surface area contributed by atoms with Crippen LogP contribution in [0.1, 0.15) is 51.2 Å². The zero-order chi connectivity index (χ0) is 21.9. The summed E-state index contributed by atoms with van der Waals surface area (Å²) in [6, 6.07) is 4.36. The molecule has 1 fully saturated rings. The minimum Gasteiger partial charge on any atom is -0.444 e. The number of hydrogen-bond donors (Lipinski definition) is 1. The lowest BCUT2D eigenvalue weighted by molar-refractivity contribution is -0.137. The molecule has 1 amide bonds. The first-order valence-electron chi connectivity index (χ1n) is 9.40. The quantitative estimate of drug-likeness (QED) is 0.627. The van der Waals surface area contributed by atoms with Crippen LogP contribution in [0, 0.1) is 0 Å². The molecular formula is C19H27F3N2O4S. The van der Waals surface area contributed by atoms with Crippen LogP contribution in [0.2, 0.25) is 0 Å². The Hall–Kier alpha value is -1.81. The molecule has 2 rings (SSSR count). The Morgan fingerprint density at radius 2 is 1.90 bits per heavy atom. The van der Waals surface area contributed by atoms with Crippen molar-refractivity contribution in [2.75, 3.05) is 13.1 Å². The minimum atomic E-state index is -4.53. The Bertz CT molecular complexity index is 815. The van der Waals surface area contributed by atoms with E-state index in [1.165, 1.54) is 12.1 Å². The molecule has 0 unspecified atom stereocenters. The molecule has 10 heteroatoms. The lowest BCUT2D eigenvalue weighted by atomic mass is 10.1. The Kier molecular flexibility index (Phi) is 7.21. The summed E-state index contributed by atoms with van der Waals surface area (Å²) < 4.78 is 70.4. The van der Waals surface area contributed by atoms with E-state index in [1.54, 1.807) is 25.7 Å². The van der Waals surface area contributed by atoms with Crippen molar-refractivity contribution in [1.29, 1.82) is 0 Å². The highest BCUT2D eigenvalue weighted by Gasteiger charge is 2.35. The number of carbonyl (C=O) groups is 1. The van der Waals surface area contributed by atoms with Crippen LogP contribution in [-0.2, 0) is 26.7 Å².